The molecular formula is C16H24O3. The van der Waals surface area contributed by atoms with E-state index in [4.69, 9.17) is 9.47 Å². The van der Waals surface area contributed by atoms with Gasteiger partial charge in [-0.2, -0.15) is 0 Å². The minimum Gasteiger partial charge on any atom is -0.493 e. The van der Waals surface area contributed by atoms with Gasteiger partial charge in [0.1, 0.15) is 0 Å². The maximum absolute atomic E-state index is 10.3. The molecule has 0 saturated heterocycles. The molecule has 1 fully saturated rings. The molecule has 19 heavy (non-hydrogen) atoms. The number of hydrogen-bond acceptors (Lipinski definition) is 3. The first-order valence-corrected chi connectivity index (χ1v) is 7.13. The summed E-state index contributed by atoms with van der Waals surface area (Å²) in [6, 6.07) is 5.88. The summed E-state index contributed by atoms with van der Waals surface area (Å²) in [6.07, 6.45) is 6.62. The van der Waals surface area contributed by atoms with E-state index < -0.39 is 0 Å². The monoisotopic (exact) mass is 264 g/mol. The number of aliphatic hydroxyl groups is 1. The zero-order valence-electron chi connectivity index (χ0n) is 11.9. The van der Waals surface area contributed by atoms with Gasteiger partial charge in [0, 0.05) is 0 Å². The van der Waals surface area contributed by atoms with Gasteiger partial charge >= 0.3 is 0 Å². The Morgan fingerprint density at radius 1 is 1.11 bits per heavy atom. The normalized spacial score (nSPS) is 18.1. The Labute approximate surface area is 115 Å². The molecule has 0 spiro atoms. The largest absolute Gasteiger partial charge is 0.493 e. The van der Waals surface area contributed by atoms with Crippen LogP contribution < -0.4 is 9.47 Å². The molecule has 1 saturated carbocycles. The fraction of sp³-hybridized carbons (Fsp3) is 0.625. The smallest absolute Gasteiger partial charge is 0.160 e. The molecule has 1 aliphatic carbocycles. The lowest BCUT2D eigenvalue weighted by Gasteiger charge is -2.26. The predicted molar refractivity (Wildman–Crippen MR) is 75.8 cm³/mol. The Balaban J connectivity index is 2.01. The lowest BCUT2D eigenvalue weighted by molar-refractivity contribution is 0.0850. The summed E-state index contributed by atoms with van der Waals surface area (Å²) < 4.78 is 10.5. The predicted octanol–water partition coefficient (Wildman–Crippen LogP) is 3.19. The Hall–Kier alpha value is -1.22. The van der Waals surface area contributed by atoms with E-state index in [0.29, 0.717) is 12.3 Å². The van der Waals surface area contributed by atoms with Gasteiger partial charge in [-0.05, 0) is 42.9 Å². The van der Waals surface area contributed by atoms with Crippen LogP contribution in [-0.4, -0.2) is 25.4 Å². The molecule has 0 amide bonds. The highest BCUT2D eigenvalue weighted by Crippen LogP contribution is 2.31. The standard InChI is InChI=1S/C16H24O3/c1-18-15-9-8-12(11-16(15)19-2)10-14(17)13-6-4-3-5-7-13/h8-9,11,13-14,17H,3-7,10H2,1-2H3. The molecule has 3 nitrogen and oxygen atoms in total. The highest BCUT2D eigenvalue weighted by Gasteiger charge is 2.22. The average Bonchev–Trinajstić information content (AvgIpc) is 2.48. The molecule has 3 heteroatoms. The minimum absolute atomic E-state index is 0.238. The Bertz CT molecular complexity index is 397. The topological polar surface area (TPSA) is 38.7 Å². The van der Waals surface area contributed by atoms with Crippen molar-refractivity contribution >= 4 is 0 Å². The SMILES string of the molecule is COc1ccc(CC(O)C2CCCCC2)cc1OC. The van der Waals surface area contributed by atoms with E-state index in [1.165, 1.54) is 19.3 Å². The zero-order chi connectivity index (χ0) is 13.7. The quantitative estimate of drug-likeness (QED) is 0.887. The highest BCUT2D eigenvalue weighted by atomic mass is 16.5. The molecule has 1 unspecified atom stereocenters. The lowest BCUT2D eigenvalue weighted by Crippen LogP contribution is -2.24. The third-order valence-corrected chi connectivity index (χ3v) is 4.09. The summed E-state index contributed by atoms with van der Waals surface area (Å²) in [5.74, 6) is 1.93. The minimum atomic E-state index is -0.238. The van der Waals surface area contributed by atoms with Crippen molar-refractivity contribution in [2.75, 3.05) is 14.2 Å². The van der Waals surface area contributed by atoms with E-state index in [0.717, 1.165) is 29.9 Å². The van der Waals surface area contributed by atoms with Gasteiger partial charge in [0.05, 0.1) is 20.3 Å². The van der Waals surface area contributed by atoms with Gasteiger partial charge in [-0.15, -0.1) is 0 Å². The second kappa shape index (κ2) is 6.80. The molecule has 106 valence electrons. The van der Waals surface area contributed by atoms with Crippen LogP contribution in [0.15, 0.2) is 18.2 Å². The molecule has 1 aromatic rings. The van der Waals surface area contributed by atoms with Crippen LogP contribution in [0.25, 0.3) is 0 Å². The van der Waals surface area contributed by atoms with Crippen molar-refractivity contribution in [3.05, 3.63) is 23.8 Å². The van der Waals surface area contributed by atoms with Gasteiger partial charge in [0.25, 0.3) is 0 Å². The van der Waals surface area contributed by atoms with Crippen LogP contribution in [-0.2, 0) is 6.42 Å². The fourth-order valence-corrected chi connectivity index (χ4v) is 2.93. The number of rotatable bonds is 5. The van der Waals surface area contributed by atoms with Crippen molar-refractivity contribution in [2.24, 2.45) is 5.92 Å². The molecule has 1 N–H and O–H groups in total. The Kier molecular flexibility index (Phi) is 5.08. The molecule has 1 atom stereocenters. The summed E-state index contributed by atoms with van der Waals surface area (Å²) in [5.41, 5.74) is 1.11. The number of aliphatic hydroxyl groups excluding tert-OH is 1. The maximum atomic E-state index is 10.3. The average molecular weight is 264 g/mol. The second-order valence-corrected chi connectivity index (χ2v) is 5.36. The third-order valence-electron chi connectivity index (χ3n) is 4.09. The Morgan fingerprint density at radius 3 is 2.42 bits per heavy atom. The molecule has 0 radical (unpaired) electrons. The van der Waals surface area contributed by atoms with Crippen LogP contribution in [0, 0.1) is 5.92 Å². The summed E-state index contributed by atoms with van der Waals surface area (Å²) in [4.78, 5) is 0. The number of hydrogen-bond donors (Lipinski definition) is 1. The Morgan fingerprint density at radius 2 is 1.79 bits per heavy atom. The summed E-state index contributed by atoms with van der Waals surface area (Å²) >= 11 is 0. The molecule has 0 bridgehead atoms. The summed E-state index contributed by atoms with van der Waals surface area (Å²) in [5, 5.41) is 10.3. The molecule has 2 rings (SSSR count). The van der Waals surface area contributed by atoms with E-state index >= 15 is 0 Å². The van der Waals surface area contributed by atoms with Crippen molar-refractivity contribution in [2.45, 2.75) is 44.6 Å². The number of ether oxygens (including phenoxy) is 2. The number of methoxy groups -OCH3 is 2. The molecular weight excluding hydrogens is 240 g/mol. The van der Waals surface area contributed by atoms with Crippen LogP contribution in [0.3, 0.4) is 0 Å². The van der Waals surface area contributed by atoms with E-state index in [1.54, 1.807) is 14.2 Å². The third kappa shape index (κ3) is 3.63. The summed E-state index contributed by atoms with van der Waals surface area (Å²) in [6.45, 7) is 0. The highest BCUT2D eigenvalue weighted by molar-refractivity contribution is 5.43. The van der Waals surface area contributed by atoms with Crippen LogP contribution in [0.2, 0.25) is 0 Å². The first-order chi connectivity index (χ1) is 9.24. The van der Waals surface area contributed by atoms with Crippen LogP contribution in [0.4, 0.5) is 0 Å². The van der Waals surface area contributed by atoms with Gasteiger partial charge in [0.2, 0.25) is 0 Å². The number of benzene rings is 1. The van der Waals surface area contributed by atoms with Gasteiger partial charge in [0.15, 0.2) is 11.5 Å². The summed E-state index contributed by atoms with van der Waals surface area (Å²) in [7, 11) is 3.27. The zero-order valence-corrected chi connectivity index (χ0v) is 11.9. The van der Waals surface area contributed by atoms with Gasteiger partial charge in [-0.3, -0.25) is 0 Å². The lowest BCUT2D eigenvalue weighted by atomic mass is 9.83. The van der Waals surface area contributed by atoms with Gasteiger partial charge in [-0.1, -0.05) is 25.3 Å². The van der Waals surface area contributed by atoms with Crippen molar-refractivity contribution in [3.8, 4) is 11.5 Å². The van der Waals surface area contributed by atoms with E-state index in [2.05, 4.69) is 0 Å². The molecule has 0 aromatic heterocycles. The molecule has 1 aliphatic rings. The van der Waals surface area contributed by atoms with Crippen molar-refractivity contribution in [1.82, 2.24) is 0 Å². The van der Waals surface area contributed by atoms with Gasteiger partial charge in [-0.25, -0.2) is 0 Å². The van der Waals surface area contributed by atoms with E-state index in [1.807, 2.05) is 18.2 Å². The van der Waals surface area contributed by atoms with Crippen molar-refractivity contribution in [3.63, 3.8) is 0 Å². The van der Waals surface area contributed by atoms with Crippen molar-refractivity contribution in [1.29, 1.82) is 0 Å². The van der Waals surface area contributed by atoms with Gasteiger partial charge < -0.3 is 14.6 Å². The van der Waals surface area contributed by atoms with Crippen LogP contribution >= 0.6 is 0 Å². The molecule has 0 heterocycles. The molecule has 0 aliphatic heterocycles. The van der Waals surface area contributed by atoms with Crippen LogP contribution in [0.5, 0.6) is 11.5 Å². The maximum Gasteiger partial charge on any atom is 0.160 e. The second-order valence-electron chi connectivity index (χ2n) is 5.36. The first kappa shape index (κ1) is 14.2. The van der Waals surface area contributed by atoms with E-state index in [-0.39, 0.29) is 6.10 Å². The first-order valence-electron chi connectivity index (χ1n) is 7.13. The van der Waals surface area contributed by atoms with E-state index in [9.17, 15) is 5.11 Å². The van der Waals surface area contributed by atoms with Crippen molar-refractivity contribution < 1.29 is 14.6 Å². The fourth-order valence-electron chi connectivity index (χ4n) is 2.93. The molecule has 1 aromatic carbocycles. The van der Waals surface area contributed by atoms with Crippen LogP contribution in [0.1, 0.15) is 37.7 Å².